The summed E-state index contributed by atoms with van der Waals surface area (Å²) in [6.07, 6.45) is 2.28. The normalized spacial score (nSPS) is 20.0. The van der Waals surface area contributed by atoms with Crippen LogP contribution in [-0.4, -0.2) is 47.1 Å². The van der Waals surface area contributed by atoms with Crippen LogP contribution in [-0.2, 0) is 0 Å². The van der Waals surface area contributed by atoms with E-state index in [1.807, 2.05) is 25.8 Å². The highest BCUT2D eigenvalue weighted by molar-refractivity contribution is 7.08. The van der Waals surface area contributed by atoms with Crippen molar-refractivity contribution < 1.29 is 4.79 Å². The van der Waals surface area contributed by atoms with Gasteiger partial charge in [0.05, 0.1) is 5.69 Å². The number of piperidine rings is 1. The Morgan fingerprint density at radius 3 is 3.05 bits per heavy atom. The zero-order chi connectivity index (χ0) is 13.8. The second-order valence-electron chi connectivity index (χ2n) is 5.46. The third-order valence-electron chi connectivity index (χ3n) is 3.55. The zero-order valence-electron chi connectivity index (χ0n) is 11.8. The largest absolute Gasteiger partial charge is 0.338 e. The first kappa shape index (κ1) is 14.4. The molecule has 1 aromatic heterocycles. The van der Waals surface area contributed by atoms with Gasteiger partial charge in [-0.05, 0) is 49.8 Å². The number of hydrogen-bond acceptors (Lipinski definition) is 5. The first-order valence-electron chi connectivity index (χ1n) is 6.89. The van der Waals surface area contributed by atoms with Crippen LogP contribution in [0.4, 0.5) is 0 Å². The van der Waals surface area contributed by atoms with Crippen LogP contribution in [0.5, 0.6) is 0 Å². The van der Waals surface area contributed by atoms with E-state index in [0.717, 1.165) is 36.6 Å². The van der Waals surface area contributed by atoms with Crippen LogP contribution < -0.4 is 5.32 Å². The Morgan fingerprint density at radius 1 is 1.58 bits per heavy atom. The highest BCUT2D eigenvalue weighted by Gasteiger charge is 2.28. The van der Waals surface area contributed by atoms with Gasteiger partial charge in [0.2, 0.25) is 0 Å². The van der Waals surface area contributed by atoms with Crippen molar-refractivity contribution in [3.05, 3.63) is 10.6 Å². The lowest BCUT2D eigenvalue weighted by Crippen LogP contribution is -2.42. The quantitative estimate of drug-likeness (QED) is 0.914. The van der Waals surface area contributed by atoms with Crippen LogP contribution in [0.25, 0.3) is 0 Å². The second-order valence-corrected chi connectivity index (χ2v) is 6.21. The van der Waals surface area contributed by atoms with Crippen molar-refractivity contribution in [2.75, 3.05) is 26.7 Å². The van der Waals surface area contributed by atoms with Gasteiger partial charge in [-0.1, -0.05) is 18.3 Å². The van der Waals surface area contributed by atoms with Crippen LogP contribution in [0.1, 0.15) is 48.0 Å². The Kier molecular flexibility index (Phi) is 4.87. The van der Waals surface area contributed by atoms with Crippen molar-refractivity contribution in [1.82, 2.24) is 19.8 Å². The Bertz CT molecular complexity index is 430. The summed E-state index contributed by atoms with van der Waals surface area (Å²) in [7, 11) is 1.96. The molecule has 1 aliphatic heterocycles. The lowest BCUT2D eigenvalue weighted by molar-refractivity contribution is 0.0677. The number of carbonyl (C=O) groups excluding carboxylic acids is 1. The van der Waals surface area contributed by atoms with Crippen molar-refractivity contribution in [1.29, 1.82) is 0 Å². The van der Waals surface area contributed by atoms with Crippen LogP contribution >= 0.6 is 11.5 Å². The van der Waals surface area contributed by atoms with E-state index in [1.54, 1.807) is 0 Å². The number of hydrogen-bond donors (Lipinski definition) is 1. The fourth-order valence-electron chi connectivity index (χ4n) is 2.57. The van der Waals surface area contributed by atoms with E-state index in [2.05, 4.69) is 14.9 Å². The minimum Gasteiger partial charge on any atom is -0.338 e. The molecule has 6 heteroatoms. The van der Waals surface area contributed by atoms with Crippen LogP contribution in [0, 0.1) is 5.92 Å². The molecule has 0 saturated carbocycles. The molecule has 1 aliphatic rings. The number of likely N-dealkylation sites (tertiary alicyclic amines) is 1. The van der Waals surface area contributed by atoms with E-state index in [1.165, 1.54) is 18.0 Å². The Morgan fingerprint density at radius 2 is 2.37 bits per heavy atom. The zero-order valence-corrected chi connectivity index (χ0v) is 12.7. The molecular weight excluding hydrogens is 260 g/mol. The molecule has 2 heterocycles. The molecule has 0 bridgehead atoms. The average molecular weight is 282 g/mol. The molecule has 1 saturated heterocycles. The summed E-state index contributed by atoms with van der Waals surface area (Å²) in [5, 5.41) is 7.30. The summed E-state index contributed by atoms with van der Waals surface area (Å²) < 4.78 is 3.95. The van der Waals surface area contributed by atoms with Crippen LogP contribution in [0.15, 0.2) is 0 Å². The third-order valence-corrected chi connectivity index (χ3v) is 4.28. The Balaban J connectivity index is 2.08. The van der Waals surface area contributed by atoms with Gasteiger partial charge in [-0.15, -0.1) is 5.10 Å². The Hall–Kier alpha value is -1.01. The van der Waals surface area contributed by atoms with Crippen molar-refractivity contribution in [3.8, 4) is 0 Å². The van der Waals surface area contributed by atoms with E-state index in [9.17, 15) is 4.79 Å². The van der Waals surface area contributed by atoms with Crippen molar-refractivity contribution in [2.24, 2.45) is 5.92 Å². The first-order chi connectivity index (χ1) is 9.13. The lowest BCUT2D eigenvalue weighted by atomic mass is 9.97. The number of nitrogens with zero attached hydrogens (tertiary/aromatic N) is 3. The van der Waals surface area contributed by atoms with Gasteiger partial charge in [0.25, 0.3) is 5.91 Å². The van der Waals surface area contributed by atoms with Gasteiger partial charge < -0.3 is 10.2 Å². The predicted octanol–water partition coefficient (Wildman–Crippen LogP) is 1.73. The fraction of sp³-hybridized carbons (Fsp3) is 0.769. The maximum atomic E-state index is 12.6. The summed E-state index contributed by atoms with van der Waals surface area (Å²) in [5.41, 5.74) is 0.839. The van der Waals surface area contributed by atoms with E-state index in [-0.39, 0.29) is 11.8 Å². The minimum absolute atomic E-state index is 0.111. The Labute approximate surface area is 118 Å². The van der Waals surface area contributed by atoms with E-state index >= 15 is 0 Å². The van der Waals surface area contributed by atoms with Crippen molar-refractivity contribution in [3.63, 3.8) is 0 Å². The minimum atomic E-state index is 0.111. The maximum Gasteiger partial charge on any atom is 0.267 e. The summed E-state index contributed by atoms with van der Waals surface area (Å²) in [6.45, 7) is 6.77. The molecule has 2 rings (SSSR count). The van der Waals surface area contributed by atoms with E-state index in [0.29, 0.717) is 5.92 Å². The highest BCUT2D eigenvalue weighted by Crippen LogP contribution is 2.24. The van der Waals surface area contributed by atoms with Gasteiger partial charge in [0.1, 0.15) is 4.88 Å². The summed E-state index contributed by atoms with van der Waals surface area (Å²) in [4.78, 5) is 15.3. The number of aromatic nitrogens is 2. The molecule has 1 N–H and O–H groups in total. The molecule has 1 amide bonds. The third kappa shape index (κ3) is 3.30. The summed E-state index contributed by atoms with van der Waals surface area (Å²) >= 11 is 1.23. The van der Waals surface area contributed by atoms with Gasteiger partial charge in [-0.2, -0.15) is 0 Å². The summed E-state index contributed by atoms with van der Waals surface area (Å²) in [5.74, 6) is 0.918. The number of carbonyl (C=O) groups is 1. The van der Waals surface area contributed by atoms with E-state index in [4.69, 9.17) is 0 Å². The van der Waals surface area contributed by atoms with Gasteiger partial charge in [0.15, 0.2) is 0 Å². The predicted molar refractivity (Wildman–Crippen MR) is 76.6 cm³/mol. The molecule has 1 unspecified atom stereocenters. The second kappa shape index (κ2) is 6.43. The smallest absolute Gasteiger partial charge is 0.267 e. The number of rotatable bonds is 4. The molecule has 0 aliphatic carbocycles. The van der Waals surface area contributed by atoms with Gasteiger partial charge >= 0.3 is 0 Å². The van der Waals surface area contributed by atoms with Gasteiger partial charge in [-0.25, -0.2) is 0 Å². The fourth-order valence-corrected chi connectivity index (χ4v) is 3.36. The molecule has 0 spiro atoms. The highest BCUT2D eigenvalue weighted by atomic mass is 32.1. The molecule has 1 atom stereocenters. The molecule has 5 nitrogen and oxygen atoms in total. The monoisotopic (exact) mass is 282 g/mol. The van der Waals surface area contributed by atoms with Crippen molar-refractivity contribution in [2.45, 2.75) is 32.6 Å². The first-order valence-corrected chi connectivity index (χ1v) is 7.67. The molecule has 1 aromatic rings. The van der Waals surface area contributed by atoms with Crippen LogP contribution in [0.2, 0.25) is 0 Å². The molecule has 19 heavy (non-hydrogen) atoms. The topological polar surface area (TPSA) is 58.1 Å². The molecular formula is C13H22N4OS. The van der Waals surface area contributed by atoms with Gasteiger partial charge in [-0.3, -0.25) is 4.79 Å². The lowest BCUT2D eigenvalue weighted by Gasteiger charge is -2.32. The average Bonchev–Trinajstić information content (AvgIpc) is 2.88. The number of nitrogens with one attached hydrogen (secondary N) is 1. The maximum absolute atomic E-state index is 12.6. The van der Waals surface area contributed by atoms with Crippen LogP contribution in [0.3, 0.4) is 0 Å². The standard InChI is InChI=1S/C13H22N4OS/c1-9(2)11-12(19-16-15-11)13(18)17-6-4-5-10(8-17)7-14-3/h9-10,14H,4-8H2,1-3H3. The number of amides is 1. The molecule has 0 radical (unpaired) electrons. The van der Waals surface area contributed by atoms with Gasteiger partial charge in [0, 0.05) is 13.1 Å². The molecule has 106 valence electrons. The van der Waals surface area contributed by atoms with Crippen molar-refractivity contribution >= 4 is 17.4 Å². The SMILES string of the molecule is CNCC1CCCN(C(=O)c2snnc2C(C)C)C1. The summed E-state index contributed by atoms with van der Waals surface area (Å²) in [6, 6.07) is 0. The van der Waals surface area contributed by atoms with E-state index < -0.39 is 0 Å². The molecule has 0 aromatic carbocycles. The molecule has 1 fully saturated rings.